The Morgan fingerprint density at radius 2 is 1.55 bits per heavy atom. The minimum Gasteiger partial charge on any atom is -0.484 e. The number of rotatable bonds is 5. The molecule has 1 aliphatic heterocycles. The Bertz CT molecular complexity index is 1060. The van der Waals surface area contributed by atoms with E-state index in [-0.39, 0.29) is 23.5 Å². The average Bonchev–Trinajstić information content (AvgIpc) is 2.78. The van der Waals surface area contributed by atoms with Crippen LogP contribution in [-0.4, -0.2) is 18.1 Å². The predicted octanol–water partition coefficient (Wildman–Crippen LogP) is 6.15. The van der Waals surface area contributed by atoms with Crippen molar-refractivity contribution in [1.82, 2.24) is 0 Å². The second-order valence-electron chi connectivity index (χ2n) is 9.22. The summed E-state index contributed by atoms with van der Waals surface area (Å²) in [6, 6.07) is 26.9. The first-order valence-corrected chi connectivity index (χ1v) is 11.0. The van der Waals surface area contributed by atoms with Gasteiger partial charge in [-0.05, 0) is 61.6 Å². The van der Waals surface area contributed by atoms with Gasteiger partial charge in [-0.15, -0.1) is 0 Å². The van der Waals surface area contributed by atoms with Crippen LogP contribution in [0, 0.1) is 0 Å². The van der Waals surface area contributed by atoms with E-state index < -0.39 is 0 Å². The summed E-state index contributed by atoms with van der Waals surface area (Å²) in [7, 11) is 0. The summed E-state index contributed by atoms with van der Waals surface area (Å²) in [5, 5.41) is 0. The Balaban J connectivity index is 1.65. The second kappa shape index (κ2) is 8.22. The van der Waals surface area contributed by atoms with E-state index in [1.54, 1.807) is 0 Å². The smallest absolute Gasteiger partial charge is 0.265 e. The summed E-state index contributed by atoms with van der Waals surface area (Å²) in [4.78, 5) is 15.4. The first-order valence-electron chi connectivity index (χ1n) is 11.0. The first kappa shape index (κ1) is 21.2. The van der Waals surface area contributed by atoms with Gasteiger partial charge in [-0.25, -0.2) is 0 Å². The molecular formula is C28H31NO2. The van der Waals surface area contributed by atoms with E-state index in [0.29, 0.717) is 0 Å². The molecule has 0 saturated heterocycles. The molecule has 1 atom stereocenters. The molecule has 0 radical (unpaired) electrons. The van der Waals surface area contributed by atoms with Gasteiger partial charge in [0.1, 0.15) is 5.75 Å². The van der Waals surface area contributed by atoms with Gasteiger partial charge in [-0.1, -0.05) is 74.5 Å². The van der Waals surface area contributed by atoms with Crippen molar-refractivity contribution < 1.29 is 9.53 Å². The molecule has 160 valence electrons. The van der Waals surface area contributed by atoms with Crippen LogP contribution in [0.2, 0.25) is 0 Å². The number of carbonyl (C=O) groups excluding carboxylic acids is 1. The summed E-state index contributed by atoms with van der Waals surface area (Å²) >= 11 is 0. The van der Waals surface area contributed by atoms with Gasteiger partial charge in [-0.3, -0.25) is 4.79 Å². The first-order chi connectivity index (χ1) is 14.8. The zero-order chi connectivity index (χ0) is 22.1. The summed E-state index contributed by atoms with van der Waals surface area (Å²) < 4.78 is 5.87. The van der Waals surface area contributed by atoms with Crippen LogP contribution in [0.4, 0.5) is 5.69 Å². The van der Waals surface area contributed by atoms with Gasteiger partial charge in [-0.2, -0.15) is 0 Å². The number of para-hydroxylation sites is 1. The molecule has 0 aliphatic carbocycles. The van der Waals surface area contributed by atoms with E-state index in [9.17, 15) is 4.79 Å². The third kappa shape index (κ3) is 3.97. The van der Waals surface area contributed by atoms with Crippen LogP contribution in [0.15, 0.2) is 78.9 Å². The number of hydrogen-bond donors (Lipinski definition) is 0. The molecule has 0 N–H and O–H groups in total. The fourth-order valence-corrected chi connectivity index (χ4v) is 5.07. The number of aryl methyl sites for hydroxylation is 1. The highest BCUT2D eigenvalue weighted by Crippen LogP contribution is 2.50. The van der Waals surface area contributed by atoms with E-state index in [4.69, 9.17) is 4.74 Å². The van der Waals surface area contributed by atoms with E-state index in [1.807, 2.05) is 41.3 Å². The molecule has 0 aromatic heterocycles. The molecule has 3 aromatic carbocycles. The van der Waals surface area contributed by atoms with Crippen molar-refractivity contribution in [3.63, 3.8) is 0 Å². The highest BCUT2D eigenvalue weighted by molar-refractivity contribution is 5.97. The van der Waals surface area contributed by atoms with E-state index in [0.717, 1.165) is 24.3 Å². The quantitative estimate of drug-likeness (QED) is 0.502. The van der Waals surface area contributed by atoms with Crippen LogP contribution in [0.25, 0.3) is 0 Å². The lowest BCUT2D eigenvalue weighted by atomic mass is 9.65. The largest absolute Gasteiger partial charge is 0.484 e. The number of fused-ring (bicyclic) bond motifs is 1. The van der Waals surface area contributed by atoms with Crippen molar-refractivity contribution in [3.05, 3.63) is 95.6 Å². The molecule has 3 heteroatoms. The lowest BCUT2D eigenvalue weighted by Gasteiger charge is -2.51. The topological polar surface area (TPSA) is 29.5 Å². The third-order valence-corrected chi connectivity index (χ3v) is 6.49. The van der Waals surface area contributed by atoms with Crippen molar-refractivity contribution in [2.75, 3.05) is 11.5 Å². The minimum atomic E-state index is -0.356. The predicted molar refractivity (Wildman–Crippen MR) is 127 cm³/mol. The van der Waals surface area contributed by atoms with Crippen molar-refractivity contribution in [2.45, 2.75) is 51.5 Å². The molecule has 4 rings (SSSR count). The molecule has 1 unspecified atom stereocenters. The van der Waals surface area contributed by atoms with Gasteiger partial charge >= 0.3 is 0 Å². The van der Waals surface area contributed by atoms with Gasteiger partial charge in [0.05, 0.1) is 0 Å². The molecule has 31 heavy (non-hydrogen) atoms. The van der Waals surface area contributed by atoms with Gasteiger partial charge < -0.3 is 9.64 Å². The van der Waals surface area contributed by atoms with Gasteiger partial charge in [0, 0.05) is 16.6 Å². The van der Waals surface area contributed by atoms with E-state index in [2.05, 4.69) is 70.2 Å². The number of carbonyl (C=O) groups is 1. The van der Waals surface area contributed by atoms with Crippen LogP contribution in [0.5, 0.6) is 5.75 Å². The maximum absolute atomic E-state index is 13.4. The fourth-order valence-electron chi connectivity index (χ4n) is 5.07. The molecule has 3 aromatic rings. The zero-order valence-electron chi connectivity index (χ0n) is 18.9. The molecule has 1 amide bonds. The highest BCUT2D eigenvalue weighted by atomic mass is 16.5. The van der Waals surface area contributed by atoms with Crippen LogP contribution < -0.4 is 9.64 Å². The molecular weight excluding hydrogens is 382 g/mol. The summed E-state index contributed by atoms with van der Waals surface area (Å²) in [5.74, 6) is 0.704. The van der Waals surface area contributed by atoms with Crippen LogP contribution in [-0.2, 0) is 16.6 Å². The SMILES string of the molecule is CCc1ccc(OCC(=O)N2c3ccccc3C(C)(c3ccccc3)CC2(C)C)cc1. The fraction of sp³-hybridized carbons (Fsp3) is 0.321. The molecule has 0 saturated carbocycles. The van der Waals surface area contributed by atoms with Gasteiger partial charge in [0.15, 0.2) is 6.61 Å². The number of hydrogen-bond acceptors (Lipinski definition) is 2. The molecule has 0 fully saturated rings. The van der Waals surface area contributed by atoms with Crippen LogP contribution in [0.3, 0.4) is 0 Å². The maximum Gasteiger partial charge on any atom is 0.265 e. The van der Waals surface area contributed by atoms with E-state index >= 15 is 0 Å². The molecule has 1 heterocycles. The lowest BCUT2D eigenvalue weighted by molar-refractivity contribution is -0.121. The van der Waals surface area contributed by atoms with Crippen molar-refractivity contribution in [2.24, 2.45) is 0 Å². The summed E-state index contributed by atoms with van der Waals surface area (Å²) in [6.07, 6.45) is 1.82. The summed E-state index contributed by atoms with van der Waals surface area (Å²) in [6.45, 7) is 8.73. The summed E-state index contributed by atoms with van der Waals surface area (Å²) in [5.41, 5.74) is 4.15. The van der Waals surface area contributed by atoms with Gasteiger partial charge in [0.2, 0.25) is 0 Å². The molecule has 3 nitrogen and oxygen atoms in total. The Hall–Kier alpha value is -3.07. The highest BCUT2D eigenvalue weighted by Gasteiger charge is 2.47. The Kier molecular flexibility index (Phi) is 5.62. The molecule has 0 spiro atoms. The Morgan fingerprint density at radius 3 is 2.23 bits per heavy atom. The molecule has 1 aliphatic rings. The van der Waals surface area contributed by atoms with Crippen molar-refractivity contribution >= 4 is 11.6 Å². The number of benzene rings is 3. The average molecular weight is 414 g/mol. The number of amides is 1. The van der Waals surface area contributed by atoms with Crippen LogP contribution in [0.1, 0.15) is 50.8 Å². The van der Waals surface area contributed by atoms with Crippen molar-refractivity contribution in [3.8, 4) is 5.75 Å². The third-order valence-electron chi connectivity index (χ3n) is 6.49. The lowest BCUT2D eigenvalue weighted by Crippen LogP contribution is -2.57. The standard InChI is InChI=1S/C28H31NO2/c1-5-21-15-17-23(18-16-21)31-19-26(30)29-25-14-10-9-13-24(25)28(4,20-27(29,2)3)22-11-7-6-8-12-22/h6-18H,5,19-20H2,1-4H3. The van der Waals surface area contributed by atoms with E-state index in [1.165, 1.54) is 16.7 Å². The normalized spacial score (nSPS) is 19.5. The molecule has 0 bridgehead atoms. The van der Waals surface area contributed by atoms with Crippen molar-refractivity contribution in [1.29, 1.82) is 0 Å². The number of ether oxygens (including phenoxy) is 1. The Morgan fingerprint density at radius 1 is 0.903 bits per heavy atom. The number of anilines is 1. The zero-order valence-corrected chi connectivity index (χ0v) is 18.9. The monoisotopic (exact) mass is 413 g/mol. The Labute approximate surface area is 185 Å². The number of nitrogens with zero attached hydrogens (tertiary/aromatic N) is 1. The maximum atomic E-state index is 13.4. The van der Waals surface area contributed by atoms with Gasteiger partial charge in [0.25, 0.3) is 5.91 Å². The second-order valence-corrected chi connectivity index (χ2v) is 9.22. The van der Waals surface area contributed by atoms with Crippen LogP contribution >= 0.6 is 0 Å². The minimum absolute atomic E-state index is 0.0191.